The van der Waals surface area contributed by atoms with Gasteiger partial charge in [-0.25, -0.2) is 4.79 Å². The molecule has 7 aliphatic heterocycles. The first-order valence-corrected chi connectivity index (χ1v) is 32.5. The van der Waals surface area contributed by atoms with E-state index in [2.05, 4.69) is 37.2 Å². The van der Waals surface area contributed by atoms with Crippen LogP contribution in [-0.4, -0.2) is 203 Å². The van der Waals surface area contributed by atoms with E-state index < -0.39 is 250 Å². The highest BCUT2D eigenvalue weighted by atomic mass is 35.5. The average Bonchev–Trinajstić information content (AvgIpc) is 0.768. The Hall–Kier alpha value is -9.24. The van der Waals surface area contributed by atoms with Gasteiger partial charge in [-0.2, -0.15) is 0 Å². The van der Waals surface area contributed by atoms with Gasteiger partial charge in [0.15, 0.2) is 29.9 Å². The highest BCUT2D eigenvalue weighted by molar-refractivity contribution is 6.32. The number of fused-ring (bicyclic) bond motifs is 15. The zero-order chi connectivity index (χ0) is 74.2. The Morgan fingerprint density at radius 2 is 1.31 bits per heavy atom. The number of hydrogen-bond donors (Lipinski definition) is 20. The number of carboxylic acid groups (broad SMARTS) is 1. The highest BCUT2D eigenvalue weighted by Crippen LogP contribution is 2.50. The number of hydrogen-bond acceptors (Lipinski definition) is 26. The predicted octanol–water partition coefficient (Wildman–Crippen LogP) is -0.921. The molecule has 0 unspecified atom stereocenters. The molecule has 5 aromatic carbocycles. The van der Waals surface area contributed by atoms with Crippen molar-refractivity contribution >= 4 is 70.5 Å². The van der Waals surface area contributed by atoms with Crippen molar-refractivity contribution in [3.63, 3.8) is 0 Å². The van der Waals surface area contributed by atoms with Crippen molar-refractivity contribution in [1.82, 2.24) is 37.2 Å². The standard InChI is InChI=1S/C66H75Cl2N9O25/c1-23(2)11-34(71-4)58(89)76-49-51(84)26-6-9-38(32(67)13-26)98-40-15-28-16-41(55(40)102-65-56(54(87)53(86)42(21-78)100-65)101-44-20-66(70,22-79)57(88)24(3)97-44)99-39-10-7-27(14-33(39)68)52(85)50-63(94)75-48(64(95)96)31-17-29(80)18-37(82)45(31)30-12-25(5-8-36(30)81)46(60(91)77-50)74-61(92)47(28)73-59(90)35(19-43(69)83)72-62(49)93/h5-10,12-18,23-24,34-35,42,44,46-54,56-57,65,71,78-82,84-88H,11,19-22,70H2,1-4H3,(H2,69,83)(H,72,93)(H,73,90)(H,74,92)(H,75,94)(H,76,89)(H,77,91)(H,95,96)/t24-,34+,35-,42+,44-,46+,47+,48-,49+,50-,51+,52+,53+,54-,56+,57+,65-,66+/m0/s1. The number of phenolic OH excluding ortho intramolecular Hbond substituents is 3. The predicted molar refractivity (Wildman–Crippen MR) is 351 cm³/mol. The third kappa shape index (κ3) is 15.7. The Kier molecular flexibility index (Phi) is 22.7. The summed E-state index contributed by atoms with van der Waals surface area (Å²) in [5, 5.41) is 141. The molecule has 18 atom stereocenters. The number of nitrogens with two attached hydrogens (primary N) is 2. The van der Waals surface area contributed by atoms with Gasteiger partial charge >= 0.3 is 5.97 Å². The number of phenols is 3. The number of ether oxygens (including phenoxy) is 6. The van der Waals surface area contributed by atoms with E-state index in [0.29, 0.717) is 0 Å². The van der Waals surface area contributed by atoms with Gasteiger partial charge in [0.2, 0.25) is 53.4 Å². The van der Waals surface area contributed by atoms with E-state index in [0.717, 1.165) is 66.7 Å². The number of carbonyl (C=O) groups is 8. The lowest BCUT2D eigenvalue weighted by Crippen LogP contribution is -2.66. The van der Waals surface area contributed by atoms with Gasteiger partial charge in [0.25, 0.3) is 0 Å². The number of likely N-dealkylation sites (N-methyl/N-ethyl adjacent to an activating group) is 1. The van der Waals surface area contributed by atoms with E-state index in [1.54, 1.807) is 0 Å². The molecule has 0 spiro atoms. The molecule has 36 heteroatoms. The van der Waals surface area contributed by atoms with Crippen LogP contribution in [0.4, 0.5) is 0 Å². The maximum absolute atomic E-state index is 16.0. The second-order valence-corrected chi connectivity index (χ2v) is 26.4. The van der Waals surface area contributed by atoms with E-state index >= 15 is 14.4 Å². The summed E-state index contributed by atoms with van der Waals surface area (Å²) >= 11 is 14.1. The number of halogens is 2. The Bertz CT molecular complexity index is 4100. The molecule has 0 radical (unpaired) electrons. The SMILES string of the molecule is CN[C@H](CC(C)C)C(=O)N[C@H]1C(=O)N[C@@H](CC(N)=O)C(=O)N[C@H]2C(=O)N[C@H]3C(=O)N[C@H](C(=O)N[C@H](C(=O)O)c4cc(O)cc(O)c4-c4cc3ccc4O)[C@H](O)c3ccc(c(Cl)c3)Oc3cc2cc(c3O[C@@H]2O[C@H](CO)[C@@H](O)[C@H](O)[C@H]2O[C@H]2C[C@@](N)(CO)[C@H](O)[C@H](C)O2)Oc2ccc(cc2Cl)[C@H]1O. The molecule has 7 aliphatic rings. The Morgan fingerprint density at radius 3 is 1.90 bits per heavy atom. The molecule has 0 aliphatic carbocycles. The fraction of sp³-hybridized carbons (Fsp3) is 0.424. The van der Waals surface area contributed by atoms with Crippen LogP contribution in [0.5, 0.6) is 46.0 Å². The van der Waals surface area contributed by atoms with Crippen LogP contribution in [0.25, 0.3) is 11.1 Å². The van der Waals surface area contributed by atoms with Crippen LogP contribution >= 0.6 is 23.2 Å². The lowest BCUT2D eigenvalue weighted by Gasteiger charge is -2.47. The van der Waals surface area contributed by atoms with Gasteiger partial charge in [0.1, 0.15) is 95.6 Å². The van der Waals surface area contributed by atoms with E-state index in [-0.39, 0.29) is 39.8 Å². The summed E-state index contributed by atoms with van der Waals surface area (Å²) in [7, 11) is 1.47. The molecule has 2 saturated heterocycles. The van der Waals surface area contributed by atoms with Crippen molar-refractivity contribution < 1.29 is 123 Å². The van der Waals surface area contributed by atoms with Crippen molar-refractivity contribution in [3.05, 3.63) is 117 Å². The first-order valence-electron chi connectivity index (χ1n) is 31.8. The van der Waals surface area contributed by atoms with E-state index in [4.69, 9.17) is 63.1 Å². The first-order chi connectivity index (χ1) is 48.2. The fourth-order valence-electron chi connectivity index (χ4n) is 12.5. The zero-order valence-corrected chi connectivity index (χ0v) is 56.0. The molecule has 11 bridgehead atoms. The van der Waals surface area contributed by atoms with E-state index in [1.807, 2.05) is 13.8 Å². The molecule has 2 fully saturated rings. The van der Waals surface area contributed by atoms with E-state index in [1.165, 1.54) is 26.1 Å². The quantitative estimate of drug-likeness (QED) is 0.0639. The van der Waals surface area contributed by atoms with Crippen LogP contribution in [0.2, 0.25) is 10.0 Å². The second-order valence-electron chi connectivity index (χ2n) is 25.6. The molecule has 0 aromatic heterocycles. The van der Waals surface area contributed by atoms with Gasteiger partial charge in [0.05, 0.1) is 47.4 Å². The van der Waals surface area contributed by atoms with Gasteiger partial charge < -0.3 is 133 Å². The molecule has 34 nitrogen and oxygen atoms in total. The number of aliphatic hydroxyl groups is 7. The number of carboxylic acids is 1. The minimum Gasteiger partial charge on any atom is -0.508 e. The third-order valence-electron chi connectivity index (χ3n) is 17.9. The summed E-state index contributed by atoms with van der Waals surface area (Å²) in [6.45, 7) is 3.21. The molecule has 7 heterocycles. The number of aromatic hydroxyl groups is 3. The molecule has 102 heavy (non-hydrogen) atoms. The second kappa shape index (κ2) is 30.8. The highest BCUT2D eigenvalue weighted by Gasteiger charge is 2.52. The smallest absolute Gasteiger partial charge is 0.330 e. The van der Waals surface area contributed by atoms with Crippen LogP contribution in [0.3, 0.4) is 0 Å². The Balaban J connectivity index is 1.24. The summed E-state index contributed by atoms with van der Waals surface area (Å²) in [5.41, 5.74) is 7.44. The van der Waals surface area contributed by atoms with Gasteiger partial charge in [-0.05, 0) is 103 Å². The van der Waals surface area contributed by atoms with Crippen molar-refractivity contribution in [2.45, 2.75) is 149 Å². The Labute approximate surface area is 589 Å². The van der Waals surface area contributed by atoms with Gasteiger partial charge in [-0.3, -0.25) is 33.6 Å². The molecule has 548 valence electrons. The fourth-order valence-corrected chi connectivity index (χ4v) is 13.0. The molecular weight excluding hydrogens is 1390 g/mol. The van der Waals surface area contributed by atoms with Gasteiger partial charge in [-0.1, -0.05) is 55.2 Å². The summed E-state index contributed by atoms with van der Waals surface area (Å²) in [5.74, 6) is -16.3. The zero-order valence-electron chi connectivity index (χ0n) is 54.5. The monoisotopic (exact) mass is 1460 g/mol. The third-order valence-corrected chi connectivity index (χ3v) is 18.5. The number of primary amides is 1. The van der Waals surface area contributed by atoms with Crippen molar-refractivity contribution in [1.29, 1.82) is 0 Å². The molecule has 7 amide bonds. The number of aliphatic hydroxyl groups excluding tert-OH is 7. The van der Waals surface area contributed by atoms with Crippen molar-refractivity contribution in [2.24, 2.45) is 17.4 Å². The van der Waals surface area contributed by atoms with Crippen LogP contribution in [0.1, 0.15) is 98.2 Å². The van der Waals surface area contributed by atoms with E-state index in [9.17, 15) is 80.1 Å². The Morgan fingerprint density at radius 1 is 0.706 bits per heavy atom. The molecule has 22 N–H and O–H groups in total. The van der Waals surface area contributed by atoms with Gasteiger partial charge in [-0.15, -0.1) is 0 Å². The minimum absolute atomic E-state index is 0.105. The maximum atomic E-state index is 16.0. The maximum Gasteiger partial charge on any atom is 0.330 e. The average molecular weight is 1470 g/mol. The lowest BCUT2D eigenvalue weighted by molar-refractivity contribution is -0.334. The molecule has 12 rings (SSSR count). The topological polar surface area (TPSA) is 551 Å². The summed E-state index contributed by atoms with van der Waals surface area (Å²) in [6.07, 6.45) is -19.7. The first kappa shape index (κ1) is 75.4. The van der Waals surface area contributed by atoms with Crippen LogP contribution in [0.15, 0.2) is 78.9 Å². The van der Waals surface area contributed by atoms with Crippen LogP contribution in [0, 0.1) is 5.92 Å². The number of amides is 7. The normalized spacial score (nSPS) is 29.3. The lowest BCUT2D eigenvalue weighted by atomic mass is 9.85. The summed E-state index contributed by atoms with van der Waals surface area (Å²) in [4.78, 5) is 117. The largest absolute Gasteiger partial charge is 0.508 e. The van der Waals surface area contributed by atoms with Crippen LogP contribution < -0.4 is 62.9 Å². The number of benzene rings is 5. The number of carbonyl (C=O) groups excluding carboxylic acids is 7. The van der Waals surface area contributed by atoms with Crippen molar-refractivity contribution in [3.8, 4) is 57.1 Å². The minimum atomic E-state index is -2.37. The number of nitrogens with one attached hydrogen (secondary N) is 7. The molecule has 0 saturated carbocycles. The molecule has 5 aromatic rings. The number of aliphatic carboxylic acids is 1. The summed E-state index contributed by atoms with van der Waals surface area (Å²) in [6, 6.07) is -0.956. The van der Waals surface area contributed by atoms with Crippen molar-refractivity contribution in [2.75, 3.05) is 20.3 Å². The molecular formula is C66H75Cl2N9O25. The van der Waals surface area contributed by atoms with Crippen LogP contribution in [-0.2, 0) is 52.6 Å². The summed E-state index contributed by atoms with van der Waals surface area (Å²) < 4.78 is 38.1. The van der Waals surface area contributed by atoms with Gasteiger partial charge in [0, 0.05) is 29.2 Å². The number of rotatable bonds is 14.